The van der Waals surface area contributed by atoms with Crippen LogP contribution >= 0.6 is 11.6 Å². The van der Waals surface area contributed by atoms with E-state index in [0.29, 0.717) is 23.3 Å². The van der Waals surface area contributed by atoms with Crippen LogP contribution in [-0.2, 0) is 0 Å². The Balaban J connectivity index is 2.24. The molecule has 3 N–H and O–H groups in total. The summed E-state index contributed by atoms with van der Waals surface area (Å²) < 4.78 is 0. The molecule has 0 radical (unpaired) electrons. The van der Waals surface area contributed by atoms with Crippen molar-refractivity contribution in [1.29, 1.82) is 0 Å². The van der Waals surface area contributed by atoms with Crippen molar-refractivity contribution in [3.63, 3.8) is 0 Å². The van der Waals surface area contributed by atoms with Crippen molar-refractivity contribution in [2.75, 3.05) is 37.8 Å². The Morgan fingerprint density at radius 1 is 1.50 bits per heavy atom. The van der Waals surface area contributed by atoms with Gasteiger partial charge in [-0.3, -0.25) is 0 Å². The summed E-state index contributed by atoms with van der Waals surface area (Å²) in [7, 11) is 4.07. The van der Waals surface area contributed by atoms with E-state index in [0.717, 1.165) is 18.7 Å². The first kappa shape index (κ1) is 13.5. The monoisotopic (exact) mass is 269 g/mol. The van der Waals surface area contributed by atoms with Crippen LogP contribution in [0.1, 0.15) is 6.42 Å². The van der Waals surface area contributed by atoms with Crippen molar-refractivity contribution in [2.45, 2.75) is 18.6 Å². The predicted octanol–water partition coefficient (Wildman–Crippen LogP) is 1.42. The Morgan fingerprint density at radius 2 is 2.22 bits per heavy atom. The Kier molecular flexibility index (Phi) is 4.00. The lowest BCUT2D eigenvalue weighted by Gasteiger charge is -2.29. The molecule has 2 unspecified atom stereocenters. The minimum atomic E-state index is -0.287. The quantitative estimate of drug-likeness (QED) is 0.815. The number of benzene rings is 1. The summed E-state index contributed by atoms with van der Waals surface area (Å²) in [6.07, 6.45) is 0.491. The van der Waals surface area contributed by atoms with Gasteiger partial charge in [-0.25, -0.2) is 0 Å². The number of halogens is 1. The number of β-amino-alcohol motifs (C(OH)–C–C–N with tert-alkyl or cyclic N) is 1. The van der Waals surface area contributed by atoms with Crippen molar-refractivity contribution in [1.82, 2.24) is 4.90 Å². The second-order valence-electron chi connectivity index (χ2n) is 5.16. The van der Waals surface area contributed by atoms with Gasteiger partial charge >= 0.3 is 0 Å². The fourth-order valence-electron chi connectivity index (χ4n) is 2.57. The molecule has 18 heavy (non-hydrogen) atoms. The summed E-state index contributed by atoms with van der Waals surface area (Å²) in [5, 5.41) is 10.5. The molecule has 0 aliphatic carbocycles. The van der Waals surface area contributed by atoms with Crippen LogP contribution in [0.3, 0.4) is 0 Å². The third-order valence-electron chi connectivity index (χ3n) is 3.27. The molecule has 1 aromatic rings. The topological polar surface area (TPSA) is 52.7 Å². The van der Waals surface area contributed by atoms with Crippen LogP contribution in [0.4, 0.5) is 11.4 Å². The number of hydrogen-bond donors (Lipinski definition) is 2. The number of anilines is 2. The van der Waals surface area contributed by atoms with E-state index in [1.165, 1.54) is 0 Å². The molecule has 0 saturated carbocycles. The molecule has 1 heterocycles. The highest BCUT2D eigenvalue weighted by Gasteiger charge is 2.32. The van der Waals surface area contributed by atoms with Gasteiger partial charge in [-0.05, 0) is 38.7 Å². The Morgan fingerprint density at radius 3 is 2.83 bits per heavy atom. The first-order valence-corrected chi connectivity index (χ1v) is 6.49. The summed E-state index contributed by atoms with van der Waals surface area (Å²) in [4.78, 5) is 4.30. The number of likely N-dealkylation sites (N-methyl/N-ethyl adjacent to an activating group) is 1. The first-order chi connectivity index (χ1) is 8.47. The van der Waals surface area contributed by atoms with Crippen LogP contribution in [0.2, 0.25) is 5.02 Å². The number of nitrogen functional groups attached to an aromatic ring is 1. The molecule has 2 rings (SSSR count). The Hall–Kier alpha value is -0.970. The zero-order chi connectivity index (χ0) is 13.3. The minimum Gasteiger partial charge on any atom is -0.397 e. The normalized spacial score (nSPS) is 23.9. The fourth-order valence-corrected chi connectivity index (χ4v) is 2.75. The SMILES string of the molecule is CN(C)CC1CC(O)CN1c1ccc(Cl)cc1N. The smallest absolute Gasteiger partial charge is 0.0735 e. The summed E-state index contributed by atoms with van der Waals surface area (Å²) in [6, 6.07) is 5.82. The van der Waals surface area contributed by atoms with Gasteiger partial charge < -0.3 is 20.6 Å². The zero-order valence-electron chi connectivity index (χ0n) is 10.8. The van der Waals surface area contributed by atoms with E-state index in [4.69, 9.17) is 17.3 Å². The van der Waals surface area contributed by atoms with Crippen molar-refractivity contribution in [3.8, 4) is 0 Å². The molecule has 4 nitrogen and oxygen atoms in total. The Labute approximate surface area is 113 Å². The van der Waals surface area contributed by atoms with Gasteiger partial charge in [0.15, 0.2) is 0 Å². The first-order valence-electron chi connectivity index (χ1n) is 6.12. The van der Waals surface area contributed by atoms with Crippen LogP contribution in [0.25, 0.3) is 0 Å². The number of nitrogens with zero attached hydrogens (tertiary/aromatic N) is 2. The molecular weight excluding hydrogens is 250 g/mol. The van der Waals surface area contributed by atoms with Crippen LogP contribution < -0.4 is 10.6 Å². The van der Waals surface area contributed by atoms with Gasteiger partial charge in [0.2, 0.25) is 0 Å². The van der Waals surface area contributed by atoms with Crippen molar-refractivity contribution >= 4 is 23.0 Å². The van der Waals surface area contributed by atoms with Gasteiger partial charge in [-0.2, -0.15) is 0 Å². The molecule has 1 aliphatic rings. The van der Waals surface area contributed by atoms with Crippen LogP contribution in [0.5, 0.6) is 0 Å². The van der Waals surface area contributed by atoms with Gasteiger partial charge in [0.1, 0.15) is 0 Å². The van der Waals surface area contributed by atoms with E-state index < -0.39 is 0 Å². The summed E-state index contributed by atoms with van der Waals surface area (Å²) >= 11 is 5.92. The standard InChI is InChI=1S/C13H20ClN3O/c1-16(2)7-10-6-11(18)8-17(10)13-4-3-9(14)5-12(13)15/h3-5,10-11,18H,6-8,15H2,1-2H3. The van der Waals surface area contributed by atoms with Crippen molar-refractivity contribution in [3.05, 3.63) is 23.2 Å². The highest BCUT2D eigenvalue weighted by atomic mass is 35.5. The molecule has 2 atom stereocenters. The van der Waals surface area contributed by atoms with E-state index in [1.54, 1.807) is 6.07 Å². The van der Waals surface area contributed by atoms with E-state index in [-0.39, 0.29) is 6.10 Å². The molecular formula is C13H20ClN3O. The maximum atomic E-state index is 9.86. The van der Waals surface area contributed by atoms with Crippen molar-refractivity contribution in [2.24, 2.45) is 0 Å². The summed E-state index contributed by atoms with van der Waals surface area (Å²) in [6.45, 7) is 1.53. The molecule has 100 valence electrons. The van der Waals surface area contributed by atoms with Crippen LogP contribution in [0, 0.1) is 0 Å². The number of aliphatic hydroxyl groups is 1. The van der Waals surface area contributed by atoms with E-state index in [1.807, 2.05) is 26.2 Å². The third-order valence-corrected chi connectivity index (χ3v) is 3.50. The van der Waals surface area contributed by atoms with Crippen LogP contribution in [0.15, 0.2) is 18.2 Å². The number of aliphatic hydroxyl groups excluding tert-OH is 1. The second-order valence-corrected chi connectivity index (χ2v) is 5.60. The van der Waals surface area contributed by atoms with Crippen molar-refractivity contribution < 1.29 is 5.11 Å². The molecule has 1 saturated heterocycles. The molecule has 1 fully saturated rings. The minimum absolute atomic E-state index is 0.287. The highest BCUT2D eigenvalue weighted by molar-refractivity contribution is 6.31. The number of nitrogens with two attached hydrogens (primary N) is 1. The molecule has 1 aliphatic heterocycles. The molecule has 5 heteroatoms. The van der Waals surface area contributed by atoms with E-state index in [9.17, 15) is 5.11 Å². The van der Waals surface area contributed by atoms with Gasteiger partial charge in [0.05, 0.1) is 17.5 Å². The Bertz CT molecular complexity index is 425. The van der Waals surface area contributed by atoms with Gasteiger partial charge in [-0.1, -0.05) is 11.6 Å². The van der Waals surface area contributed by atoms with E-state index in [2.05, 4.69) is 9.80 Å². The second kappa shape index (κ2) is 5.34. The zero-order valence-corrected chi connectivity index (χ0v) is 11.6. The maximum absolute atomic E-state index is 9.86. The van der Waals surface area contributed by atoms with E-state index >= 15 is 0 Å². The summed E-state index contributed by atoms with van der Waals surface area (Å²) in [5.74, 6) is 0. The number of rotatable bonds is 3. The van der Waals surface area contributed by atoms with Gasteiger partial charge in [0, 0.05) is 24.2 Å². The third kappa shape index (κ3) is 2.88. The average Bonchev–Trinajstić information content (AvgIpc) is 2.58. The lowest BCUT2D eigenvalue weighted by molar-refractivity contribution is 0.191. The molecule has 0 aromatic heterocycles. The van der Waals surface area contributed by atoms with Gasteiger partial charge in [0.25, 0.3) is 0 Å². The maximum Gasteiger partial charge on any atom is 0.0735 e. The van der Waals surface area contributed by atoms with Gasteiger partial charge in [-0.15, -0.1) is 0 Å². The lowest BCUT2D eigenvalue weighted by Crippen LogP contribution is -2.37. The molecule has 0 amide bonds. The largest absolute Gasteiger partial charge is 0.397 e. The number of hydrogen-bond acceptors (Lipinski definition) is 4. The highest BCUT2D eigenvalue weighted by Crippen LogP contribution is 2.32. The molecule has 1 aromatic carbocycles. The lowest BCUT2D eigenvalue weighted by atomic mass is 10.1. The predicted molar refractivity (Wildman–Crippen MR) is 76.2 cm³/mol. The summed E-state index contributed by atoms with van der Waals surface area (Å²) in [5.41, 5.74) is 7.65. The average molecular weight is 270 g/mol. The van der Waals surface area contributed by atoms with Crippen LogP contribution in [-0.4, -0.2) is 49.3 Å². The fraction of sp³-hybridized carbons (Fsp3) is 0.538. The molecule has 0 bridgehead atoms. The molecule has 0 spiro atoms.